The van der Waals surface area contributed by atoms with Crippen molar-refractivity contribution >= 4 is 16.8 Å². The van der Waals surface area contributed by atoms with E-state index >= 15 is 0 Å². The quantitative estimate of drug-likeness (QED) is 0.434. The van der Waals surface area contributed by atoms with Gasteiger partial charge in [-0.15, -0.1) is 0 Å². The van der Waals surface area contributed by atoms with Gasteiger partial charge in [0.1, 0.15) is 11.0 Å². The molecular formula is C29H25N5O3. The molecule has 1 aliphatic heterocycles. The lowest BCUT2D eigenvalue weighted by Gasteiger charge is -2.30. The molecule has 0 radical (unpaired) electrons. The van der Waals surface area contributed by atoms with E-state index < -0.39 is 11.0 Å². The Morgan fingerprint density at radius 3 is 2.78 bits per heavy atom. The molecule has 1 atom stereocenters. The molecule has 8 nitrogen and oxygen atoms in total. The lowest BCUT2D eigenvalue weighted by atomic mass is 9.79. The summed E-state index contributed by atoms with van der Waals surface area (Å²) in [6, 6.07) is 19.0. The predicted octanol–water partition coefficient (Wildman–Crippen LogP) is 3.91. The molecule has 4 aromatic rings. The number of nitrogens with one attached hydrogen (secondary N) is 1. The van der Waals surface area contributed by atoms with Gasteiger partial charge in [0.25, 0.3) is 5.91 Å². The third kappa shape index (κ3) is 4.33. The summed E-state index contributed by atoms with van der Waals surface area (Å²) in [4.78, 5) is 26.8. The Labute approximate surface area is 214 Å². The smallest absolute Gasteiger partial charge is 0.251 e. The number of fused-ring (bicyclic) bond motifs is 2. The first-order valence-electron chi connectivity index (χ1n) is 12.2. The van der Waals surface area contributed by atoms with Crippen LogP contribution in [0.25, 0.3) is 22.3 Å². The van der Waals surface area contributed by atoms with Crippen LogP contribution in [0.4, 0.5) is 0 Å². The maximum absolute atomic E-state index is 12.9. The van der Waals surface area contributed by atoms with Crippen LogP contribution in [0.5, 0.6) is 0 Å². The van der Waals surface area contributed by atoms with Crippen LogP contribution in [-0.2, 0) is 28.9 Å². The minimum Gasteiger partial charge on any atom is -0.384 e. The van der Waals surface area contributed by atoms with Gasteiger partial charge in [0.2, 0.25) is 0 Å². The van der Waals surface area contributed by atoms with Gasteiger partial charge < -0.3 is 15.2 Å². The van der Waals surface area contributed by atoms with E-state index in [4.69, 9.17) is 9.72 Å². The van der Waals surface area contributed by atoms with Gasteiger partial charge in [0, 0.05) is 17.1 Å². The van der Waals surface area contributed by atoms with Crippen molar-refractivity contribution in [1.29, 1.82) is 5.26 Å². The third-order valence-corrected chi connectivity index (χ3v) is 7.13. The number of amides is 1. The number of carbonyl (C=O) groups is 1. The molecule has 1 fully saturated rings. The van der Waals surface area contributed by atoms with Crippen molar-refractivity contribution in [2.75, 3.05) is 6.61 Å². The van der Waals surface area contributed by atoms with E-state index in [0.29, 0.717) is 41.6 Å². The lowest BCUT2D eigenvalue weighted by molar-refractivity contribution is 0.0757. The molecule has 0 bridgehead atoms. The second-order valence-electron chi connectivity index (χ2n) is 10.00. The zero-order valence-corrected chi connectivity index (χ0v) is 20.4. The van der Waals surface area contributed by atoms with Gasteiger partial charge in [0.15, 0.2) is 0 Å². The first kappa shape index (κ1) is 23.2. The number of carbonyl (C=O) groups excluding carboxylic acids is 1. The molecule has 37 heavy (non-hydrogen) atoms. The van der Waals surface area contributed by atoms with Crippen molar-refractivity contribution in [3.05, 3.63) is 88.9 Å². The van der Waals surface area contributed by atoms with Gasteiger partial charge in [-0.1, -0.05) is 12.1 Å². The van der Waals surface area contributed by atoms with Crippen LogP contribution in [0, 0.1) is 11.3 Å². The van der Waals surface area contributed by atoms with Crippen molar-refractivity contribution in [3.63, 3.8) is 0 Å². The van der Waals surface area contributed by atoms with Crippen molar-refractivity contribution in [3.8, 4) is 17.5 Å². The average Bonchev–Trinajstić information content (AvgIpc) is 3.70. The summed E-state index contributed by atoms with van der Waals surface area (Å²) in [6.45, 7) is 2.80. The Morgan fingerprint density at radius 2 is 1.97 bits per heavy atom. The highest BCUT2D eigenvalue weighted by atomic mass is 16.5. The highest BCUT2D eigenvalue weighted by Gasteiger charge is 2.43. The Kier molecular flexibility index (Phi) is 5.48. The molecule has 1 amide bonds. The molecule has 1 saturated carbocycles. The van der Waals surface area contributed by atoms with Crippen molar-refractivity contribution in [1.82, 2.24) is 20.3 Å². The van der Waals surface area contributed by atoms with Crippen LogP contribution in [0.2, 0.25) is 0 Å². The van der Waals surface area contributed by atoms with Gasteiger partial charge in [-0.25, -0.2) is 9.97 Å². The molecule has 8 heteroatoms. The number of nitrogens with zero attached hydrogens (tertiary/aromatic N) is 4. The molecular weight excluding hydrogens is 466 g/mol. The summed E-state index contributed by atoms with van der Waals surface area (Å²) in [6.07, 6.45) is 3.20. The molecule has 1 aromatic carbocycles. The summed E-state index contributed by atoms with van der Waals surface area (Å²) >= 11 is 0. The topological polar surface area (TPSA) is 121 Å². The Bertz CT molecular complexity index is 1590. The Hall–Kier alpha value is -4.19. The Morgan fingerprint density at radius 1 is 1.14 bits per heavy atom. The number of benzene rings is 1. The van der Waals surface area contributed by atoms with Gasteiger partial charge in [-0.2, -0.15) is 5.26 Å². The fourth-order valence-corrected chi connectivity index (χ4v) is 4.67. The highest BCUT2D eigenvalue weighted by molar-refractivity contribution is 5.94. The monoisotopic (exact) mass is 491 g/mol. The first-order valence-corrected chi connectivity index (χ1v) is 12.2. The fourth-order valence-electron chi connectivity index (χ4n) is 4.67. The van der Waals surface area contributed by atoms with Crippen LogP contribution in [0.1, 0.15) is 52.6 Å². The minimum atomic E-state index is -0.804. The van der Waals surface area contributed by atoms with E-state index in [2.05, 4.69) is 21.4 Å². The molecule has 0 spiro atoms. The second-order valence-corrected chi connectivity index (χ2v) is 10.00. The maximum Gasteiger partial charge on any atom is 0.251 e. The van der Waals surface area contributed by atoms with Crippen LogP contribution >= 0.6 is 0 Å². The number of hydrogen-bond donors (Lipinski definition) is 2. The summed E-state index contributed by atoms with van der Waals surface area (Å²) in [5.41, 5.74) is 4.17. The van der Waals surface area contributed by atoms with Crippen LogP contribution in [0.3, 0.4) is 0 Å². The standard InChI is InChI=1S/C29H25N5O3/c1-28(16-30)17-37-15-20-6-5-18(11-22(20)28)27(35)32-14-21-12-25-19(13-31-21)7-8-24(33-25)23-3-2-4-26(34-23)29(36)9-10-29/h2-8,11-13,36H,9-10,14-15,17H2,1H3,(H,32,35)/t28-/m1/s1. The van der Waals surface area contributed by atoms with Gasteiger partial charge in [-0.3, -0.25) is 9.78 Å². The van der Waals surface area contributed by atoms with E-state index in [1.54, 1.807) is 18.3 Å². The van der Waals surface area contributed by atoms with Gasteiger partial charge in [0.05, 0.1) is 54.1 Å². The zero-order valence-electron chi connectivity index (χ0n) is 20.4. The van der Waals surface area contributed by atoms with Crippen LogP contribution in [-0.4, -0.2) is 32.6 Å². The van der Waals surface area contributed by atoms with Crippen LogP contribution < -0.4 is 5.32 Å². The lowest BCUT2D eigenvalue weighted by Crippen LogP contribution is -2.33. The van der Waals surface area contributed by atoms with E-state index in [1.807, 2.05) is 49.4 Å². The molecule has 6 rings (SSSR count). The number of nitriles is 1. The molecule has 0 unspecified atom stereocenters. The highest BCUT2D eigenvalue weighted by Crippen LogP contribution is 2.44. The maximum atomic E-state index is 12.9. The predicted molar refractivity (Wildman–Crippen MR) is 136 cm³/mol. The molecule has 184 valence electrons. The number of hydrogen-bond acceptors (Lipinski definition) is 7. The molecule has 3 aromatic heterocycles. The number of rotatable bonds is 5. The first-order chi connectivity index (χ1) is 17.9. The fraction of sp³-hybridized carbons (Fsp3) is 0.276. The van der Waals surface area contributed by atoms with E-state index in [1.165, 1.54) is 0 Å². The van der Waals surface area contributed by atoms with Crippen molar-refractivity contribution in [2.24, 2.45) is 0 Å². The largest absolute Gasteiger partial charge is 0.384 e. The molecule has 2 aliphatic rings. The summed E-state index contributed by atoms with van der Waals surface area (Å²) in [7, 11) is 0. The number of aliphatic hydroxyl groups is 1. The van der Waals surface area contributed by atoms with Gasteiger partial charge >= 0.3 is 0 Å². The summed E-state index contributed by atoms with van der Waals surface area (Å²) in [5.74, 6) is -0.239. The third-order valence-electron chi connectivity index (χ3n) is 7.13. The average molecular weight is 492 g/mol. The van der Waals surface area contributed by atoms with E-state index in [-0.39, 0.29) is 12.5 Å². The zero-order chi connectivity index (χ0) is 25.6. The SMILES string of the molecule is C[C@@]1(C#N)COCc2ccc(C(=O)NCc3cc4nc(-c5cccc(C6(O)CC6)n5)ccc4cn3)cc21. The number of aromatic nitrogens is 3. The summed E-state index contributed by atoms with van der Waals surface area (Å²) in [5, 5.41) is 23.9. The molecule has 1 aliphatic carbocycles. The number of ether oxygens (including phenoxy) is 1. The molecule has 0 saturated heterocycles. The number of pyridine rings is 3. The molecule has 2 N–H and O–H groups in total. The van der Waals surface area contributed by atoms with Crippen molar-refractivity contribution in [2.45, 2.75) is 43.9 Å². The summed E-state index contributed by atoms with van der Waals surface area (Å²) < 4.78 is 5.55. The minimum absolute atomic E-state index is 0.233. The second kappa shape index (κ2) is 8.73. The van der Waals surface area contributed by atoms with E-state index in [9.17, 15) is 15.2 Å². The Balaban J connectivity index is 1.21. The molecule has 4 heterocycles. The van der Waals surface area contributed by atoms with E-state index in [0.717, 1.165) is 34.9 Å². The normalized spacial score (nSPS) is 19.6. The van der Waals surface area contributed by atoms with Crippen molar-refractivity contribution < 1.29 is 14.6 Å². The van der Waals surface area contributed by atoms with Crippen LogP contribution in [0.15, 0.2) is 60.8 Å². The van der Waals surface area contributed by atoms with Gasteiger partial charge in [-0.05, 0) is 73.4 Å².